The van der Waals surface area contributed by atoms with Crippen molar-refractivity contribution in [2.24, 2.45) is 5.92 Å². The molecule has 0 saturated heterocycles. The van der Waals surface area contributed by atoms with E-state index >= 15 is 0 Å². The fraction of sp³-hybridized carbons (Fsp3) is 0.556. The van der Waals surface area contributed by atoms with Gasteiger partial charge in [0.25, 0.3) is 0 Å². The summed E-state index contributed by atoms with van der Waals surface area (Å²) in [4.78, 5) is 11.0. The summed E-state index contributed by atoms with van der Waals surface area (Å²) in [5, 5.41) is 8.44. The Morgan fingerprint density at radius 1 is 1.67 bits per heavy atom. The van der Waals surface area contributed by atoms with E-state index < -0.39 is 5.97 Å². The lowest BCUT2D eigenvalue weighted by Crippen LogP contribution is -2.11. The van der Waals surface area contributed by atoms with E-state index in [-0.39, 0.29) is 5.57 Å². The quantitative estimate of drug-likeness (QED) is 0.365. The summed E-state index contributed by atoms with van der Waals surface area (Å²) in [6.45, 7) is 5.87. The molecule has 66 valence electrons. The lowest BCUT2D eigenvalue weighted by atomic mass is 10.2. The third-order valence-electron chi connectivity index (χ3n) is 1.18. The summed E-state index contributed by atoms with van der Waals surface area (Å²) in [6, 6.07) is 1.76. The molecule has 0 atom stereocenters. The zero-order valence-corrected chi connectivity index (χ0v) is 7.63. The van der Waals surface area contributed by atoms with Crippen LogP contribution in [0, 0.1) is 17.2 Å². The molecular weight excluding hydrogens is 154 g/mol. The predicted molar refractivity (Wildman–Crippen MR) is 45.2 cm³/mol. The van der Waals surface area contributed by atoms with Gasteiger partial charge in [-0.15, -0.1) is 0 Å². The molecule has 3 nitrogen and oxygen atoms in total. The standard InChI is InChI=1S/C9H13NO2/c1-4-8(5-10)9(11)12-6-7(2)3/h4,7H,6H2,1-3H3/b8-4+. The molecule has 0 aliphatic rings. The van der Waals surface area contributed by atoms with E-state index in [1.165, 1.54) is 6.08 Å². The van der Waals surface area contributed by atoms with Gasteiger partial charge in [-0.2, -0.15) is 5.26 Å². The summed E-state index contributed by atoms with van der Waals surface area (Å²) in [7, 11) is 0. The summed E-state index contributed by atoms with van der Waals surface area (Å²) in [6.07, 6.45) is 1.45. The predicted octanol–water partition coefficient (Wildman–Crippen LogP) is 1.66. The fourth-order valence-electron chi connectivity index (χ4n) is 0.548. The molecule has 3 heteroatoms. The lowest BCUT2D eigenvalue weighted by molar-refractivity contribution is -0.139. The highest BCUT2D eigenvalue weighted by atomic mass is 16.5. The van der Waals surface area contributed by atoms with Crippen LogP contribution >= 0.6 is 0 Å². The Morgan fingerprint density at radius 2 is 2.25 bits per heavy atom. The molecule has 0 unspecified atom stereocenters. The van der Waals surface area contributed by atoms with Gasteiger partial charge in [0.15, 0.2) is 0 Å². The number of carbonyl (C=O) groups excluding carboxylic acids is 1. The van der Waals surface area contributed by atoms with Crippen molar-refractivity contribution < 1.29 is 9.53 Å². The molecule has 0 saturated carbocycles. The van der Waals surface area contributed by atoms with E-state index in [0.717, 1.165) is 0 Å². The van der Waals surface area contributed by atoms with Crippen LogP contribution in [0.2, 0.25) is 0 Å². The molecule has 0 N–H and O–H groups in total. The first kappa shape index (κ1) is 10.7. The minimum Gasteiger partial charge on any atom is -0.461 e. The fourth-order valence-corrected chi connectivity index (χ4v) is 0.548. The monoisotopic (exact) mass is 167 g/mol. The number of nitrogens with zero attached hydrogens (tertiary/aromatic N) is 1. The van der Waals surface area contributed by atoms with Crippen molar-refractivity contribution in [3.8, 4) is 6.07 Å². The number of hydrogen-bond acceptors (Lipinski definition) is 3. The van der Waals surface area contributed by atoms with Crippen molar-refractivity contribution >= 4 is 5.97 Å². The van der Waals surface area contributed by atoms with Gasteiger partial charge in [0.05, 0.1) is 6.61 Å². The normalized spacial score (nSPS) is 11.1. The van der Waals surface area contributed by atoms with Crippen molar-refractivity contribution in [2.75, 3.05) is 6.61 Å². The topological polar surface area (TPSA) is 50.1 Å². The van der Waals surface area contributed by atoms with Crippen LogP contribution in [0.3, 0.4) is 0 Å². The van der Waals surface area contributed by atoms with Crippen molar-refractivity contribution in [1.29, 1.82) is 5.26 Å². The molecule has 0 fully saturated rings. The maximum Gasteiger partial charge on any atom is 0.348 e. The zero-order valence-electron chi connectivity index (χ0n) is 7.63. The molecule has 0 bridgehead atoms. The van der Waals surface area contributed by atoms with Crippen LogP contribution in [-0.2, 0) is 9.53 Å². The molecule has 0 aromatic rings. The zero-order chi connectivity index (χ0) is 9.56. The Morgan fingerprint density at radius 3 is 2.58 bits per heavy atom. The molecule has 0 aromatic heterocycles. The number of nitriles is 1. The average Bonchev–Trinajstić information content (AvgIpc) is 2.03. The molecule has 0 rings (SSSR count). The summed E-state index contributed by atoms with van der Waals surface area (Å²) >= 11 is 0. The first-order chi connectivity index (χ1) is 5.61. The van der Waals surface area contributed by atoms with Crippen LogP contribution < -0.4 is 0 Å². The maximum absolute atomic E-state index is 11.0. The van der Waals surface area contributed by atoms with E-state index in [9.17, 15) is 4.79 Å². The van der Waals surface area contributed by atoms with Crippen molar-refractivity contribution in [2.45, 2.75) is 20.8 Å². The molecule has 0 spiro atoms. The second-order valence-corrected chi connectivity index (χ2v) is 2.81. The highest BCUT2D eigenvalue weighted by Crippen LogP contribution is 1.99. The summed E-state index contributed by atoms with van der Waals surface area (Å²) in [5.41, 5.74) is 0.0654. The van der Waals surface area contributed by atoms with Crippen molar-refractivity contribution in [3.63, 3.8) is 0 Å². The highest BCUT2D eigenvalue weighted by Gasteiger charge is 2.09. The van der Waals surface area contributed by atoms with Gasteiger partial charge < -0.3 is 4.74 Å². The van der Waals surface area contributed by atoms with Gasteiger partial charge in [0.1, 0.15) is 11.6 Å². The molecule has 12 heavy (non-hydrogen) atoms. The van der Waals surface area contributed by atoms with E-state index in [1.807, 2.05) is 13.8 Å². The summed E-state index contributed by atoms with van der Waals surface area (Å²) < 4.78 is 4.82. The second kappa shape index (κ2) is 5.36. The number of ether oxygens (including phenoxy) is 1. The number of hydrogen-bond donors (Lipinski definition) is 0. The Hall–Kier alpha value is -1.30. The minimum atomic E-state index is -0.534. The van der Waals surface area contributed by atoms with Crippen LogP contribution in [-0.4, -0.2) is 12.6 Å². The Kier molecular flexibility index (Phi) is 4.78. The molecule has 0 aliphatic heterocycles. The maximum atomic E-state index is 11.0. The van der Waals surface area contributed by atoms with Gasteiger partial charge in [0, 0.05) is 0 Å². The van der Waals surface area contributed by atoms with Crippen molar-refractivity contribution in [1.82, 2.24) is 0 Å². The smallest absolute Gasteiger partial charge is 0.348 e. The number of rotatable bonds is 3. The average molecular weight is 167 g/mol. The highest BCUT2D eigenvalue weighted by molar-refractivity contribution is 5.92. The minimum absolute atomic E-state index is 0.0654. The van der Waals surface area contributed by atoms with E-state index in [4.69, 9.17) is 10.00 Å². The van der Waals surface area contributed by atoms with Gasteiger partial charge in [-0.25, -0.2) is 4.79 Å². The molecule has 0 radical (unpaired) electrons. The van der Waals surface area contributed by atoms with Crippen LogP contribution in [0.25, 0.3) is 0 Å². The van der Waals surface area contributed by atoms with Crippen LogP contribution in [0.5, 0.6) is 0 Å². The Labute approximate surface area is 72.6 Å². The summed E-state index contributed by atoms with van der Waals surface area (Å²) in [5.74, 6) is -0.237. The van der Waals surface area contributed by atoms with E-state index in [2.05, 4.69) is 0 Å². The molecule has 0 heterocycles. The molecule has 0 aromatic carbocycles. The second-order valence-electron chi connectivity index (χ2n) is 2.81. The van der Waals surface area contributed by atoms with Crippen LogP contribution in [0.1, 0.15) is 20.8 Å². The van der Waals surface area contributed by atoms with Gasteiger partial charge in [0.2, 0.25) is 0 Å². The number of allylic oxidation sites excluding steroid dienone is 1. The first-order valence-corrected chi connectivity index (χ1v) is 3.85. The molecular formula is C9H13NO2. The largest absolute Gasteiger partial charge is 0.461 e. The number of carbonyl (C=O) groups is 1. The van der Waals surface area contributed by atoms with Crippen molar-refractivity contribution in [3.05, 3.63) is 11.6 Å². The molecule has 0 aliphatic carbocycles. The van der Waals surface area contributed by atoms with Gasteiger partial charge in [-0.3, -0.25) is 0 Å². The van der Waals surface area contributed by atoms with Crippen LogP contribution in [0.15, 0.2) is 11.6 Å². The first-order valence-electron chi connectivity index (χ1n) is 3.85. The number of esters is 1. The van der Waals surface area contributed by atoms with Crippen LogP contribution in [0.4, 0.5) is 0 Å². The van der Waals surface area contributed by atoms with Gasteiger partial charge in [-0.1, -0.05) is 19.9 Å². The molecule has 0 amide bonds. The third kappa shape index (κ3) is 3.77. The third-order valence-corrected chi connectivity index (χ3v) is 1.18. The van der Waals surface area contributed by atoms with Gasteiger partial charge in [-0.05, 0) is 12.8 Å². The van der Waals surface area contributed by atoms with E-state index in [0.29, 0.717) is 12.5 Å². The van der Waals surface area contributed by atoms with Gasteiger partial charge >= 0.3 is 5.97 Å². The van der Waals surface area contributed by atoms with E-state index in [1.54, 1.807) is 13.0 Å². The lowest BCUT2D eigenvalue weighted by Gasteiger charge is -2.05. The SMILES string of the molecule is C/C=C(\C#N)C(=O)OCC(C)C. The Balaban J connectivity index is 3.98. The Bertz CT molecular complexity index is 223.